The van der Waals surface area contributed by atoms with E-state index in [1.165, 1.54) is 5.57 Å². The number of dihydropyridines is 1. The fraction of sp³-hybridized carbons (Fsp3) is 0.367. The maximum absolute atomic E-state index is 12.6. The molecule has 0 saturated heterocycles. The van der Waals surface area contributed by atoms with Crippen LogP contribution in [0.15, 0.2) is 77.3 Å². The summed E-state index contributed by atoms with van der Waals surface area (Å²) in [6.45, 7) is 18.5. The molecule has 0 fully saturated rings. The van der Waals surface area contributed by atoms with E-state index in [1.54, 1.807) is 12.4 Å². The molecule has 3 rings (SSSR count). The Hall–Kier alpha value is -3.47. The molecule has 5 heteroatoms. The number of hydrogen-bond acceptors (Lipinski definition) is 4. The number of aromatic nitrogens is 1. The zero-order valence-corrected chi connectivity index (χ0v) is 22.3. The molecule has 0 saturated carbocycles. The molecule has 1 amide bonds. The van der Waals surface area contributed by atoms with Crippen molar-refractivity contribution in [3.63, 3.8) is 0 Å². The third kappa shape index (κ3) is 8.06. The Kier molecular flexibility index (Phi) is 10.7. The van der Waals surface area contributed by atoms with Gasteiger partial charge >= 0.3 is 0 Å². The molecule has 0 bridgehead atoms. The Morgan fingerprint density at radius 1 is 1.23 bits per heavy atom. The van der Waals surface area contributed by atoms with Crippen LogP contribution in [0.1, 0.15) is 83.4 Å². The van der Waals surface area contributed by atoms with Crippen LogP contribution in [0, 0.1) is 19.8 Å². The number of anilines is 1. The number of pyridine rings is 1. The van der Waals surface area contributed by atoms with Crippen molar-refractivity contribution in [1.29, 1.82) is 0 Å². The van der Waals surface area contributed by atoms with Gasteiger partial charge in [0, 0.05) is 50.5 Å². The van der Waals surface area contributed by atoms with Crippen LogP contribution < -0.4 is 10.6 Å². The normalized spacial score (nSPS) is 16.6. The van der Waals surface area contributed by atoms with E-state index in [2.05, 4.69) is 67.0 Å². The van der Waals surface area contributed by atoms with E-state index in [4.69, 9.17) is 0 Å². The molecule has 1 aliphatic heterocycles. The number of allylic oxidation sites excluding steroid dienone is 4. The van der Waals surface area contributed by atoms with Crippen molar-refractivity contribution < 1.29 is 7.65 Å². The number of carbonyl (C=O) groups excluding carboxylic acids is 1. The smallest absolute Gasteiger partial charge is 0.257 e. The van der Waals surface area contributed by atoms with Gasteiger partial charge in [-0.3, -0.25) is 14.8 Å². The predicted octanol–water partition coefficient (Wildman–Crippen LogP) is 7.96. The molecule has 0 radical (unpaired) electrons. The highest BCUT2D eigenvalue weighted by Crippen LogP contribution is 2.25. The number of nitrogens with one attached hydrogen (secondary N) is 2. The largest absolute Gasteiger partial charge is 0.378 e. The standard InChI is InChI=1S/C28H34N4O.C2H6.2H2/c1-7-18(2)8-11-27-21(5)13-25(17-30-27)31-22(6)26-14-24(10-9-20(26)4)32-28(33)23-12-19(3)15-29-16-23;1-2;;/h9-17,21-22,31H,2,7-8H2,1,3-6H3,(H,32,33);1-2H3;2*1H/b27-11+;;;/t21?,22-;;;/m0.../s1. The molecule has 35 heavy (non-hydrogen) atoms. The monoisotopic (exact) mass is 476 g/mol. The first kappa shape index (κ1) is 27.8. The van der Waals surface area contributed by atoms with Crippen LogP contribution in [0.5, 0.6) is 0 Å². The first-order valence-corrected chi connectivity index (χ1v) is 12.5. The van der Waals surface area contributed by atoms with Crippen LogP contribution in [0.25, 0.3) is 0 Å². The lowest BCUT2D eigenvalue weighted by molar-refractivity contribution is 0.102. The summed E-state index contributed by atoms with van der Waals surface area (Å²) in [7, 11) is 0. The van der Waals surface area contributed by atoms with E-state index < -0.39 is 0 Å². The van der Waals surface area contributed by atoms with Gasteiger partial charge in [-0.15, -0.1) is 0 Å². The lowest BCUT2D eigenvalue weighted by atomic mass is 9.99. The SMILES string of the molecule is C=C(CC)C/C=C1/N=CC(N[C@@H](C)c2cc(NC(=O)c3cncc(C)c3)ccc2C)=CC1C.CC.[HH].[HH]. The number of hydrogen-bond donors (Lipinski definition) is 2. The molecule has 2 N–H and O–H groups in total. The summed E-state index contributed by atoms with van der Waals surface area (Å²) < 4.78 is 0. The lowest BCUT2D eigenvalue weighted by Gasteiger charge is -2.22. The van der Waals surface area contributed by atoms with Gasteiger partial charge < -0.3 is 10.6 Å². The van der Waals surface area contributed by atoms with Crippen molar-refractivity contribution in [3.8, 4) is 0 Å². The highest BCUT2D eigenvalue weighted by atomic mass is 16.1. The molecule has 2 aromatic rings. The van der Waals surface area contributed by atoms with Gasteiger partial charge in [0.05, 0.1) is 5.56 Å². The van der Waals surface area contributed by atoms with Gasteiger partial charge in [-0.05, 0) is 68.5 Å². The summed E-state index contributed by atoms with van der Waals surface area (Å²) >= 11 is 0. The summed E-state index contributed by atoms with van der Waals surface area (Å²) in [6.07, 6.45) is 11.4. The molecule has 1 unspecified atom stereocenters. The summed E-state index contributed by atoms with van der Waals surface area (Å²) in [5, 5.41) is 6.56. The topological polar surface area (TPSA) is 66.4 Å². The van der Waals surface area contributed by atoms with Crippen molar-refractivity contribution in [3.05, 3.63) is 94.6 Å². The van der Waals surface area contributed by atoms with E-state index in [9.17, 15) is 4.79 Å². The highest BCUT2D eigenvalue weighted by Gasteiger charge is 2.16. The Morgan fingerprint density at radius 3 is 2.63 bits per heavy atom. The first-order chi connectivity index (χ1) is 16.8. The van der Waals surface area contributed by atoms with Crippen LogP contribution in [0.2, 0.25) is 0 Å². The van der Waals surface area contributed by atoms with Crippen molar-refractivity contribution in [1.82, 2.24) is 10.3 Å². The van der Waals surface area contributed by atoms with E-state index in [0.717, 1.165) is 46.6 Å². The van der Waals surface area contributed by atoms with Crippen LogP contribution in [0.3, 0.4) is 0 Å². The van der Waals surface area contributed by atoms with Crippen molar-refractivity contribution in [2.75, 3.05) is 5.32 Å². The molecule has 0 spiro atoms. The molecule has 0 aliphatic carbocycles. The Morgan fingerprint density at radius 2 is 1.97 bits per heavy atom. The number of aliphatic imine (C=N–C) groups is 1. The third-order valence-electron chi connectivity index (χ3n) is 5.87. The van der Waals surface area contributed by atoms with Crippen LogP contribution in [0.4, 0.5) is 5.69 Å². The Balaban J connectivity index is 0.00000316. The van der Waals surface area contributed by atoms with Crippen molar-refractivity contribution in [2.45, 2.75) is 67.3 Å². The zero-order valence-electron chi connectivity index (χ0n) is 22.3. The second kappa shape index (κ2) is 13.4. The zero-order chi connectivity index (χ0) is 26.0. The van der Waals surface area contributed by atoms with Crippen LogP contribution in [-0.2, 0) is 0 Å². The van der Waals surface area contributed by atoms with E-state index in [0.29, 0.717) is 5.56 Å². The van der Waals surface area contributed by atoms with Gasteiger partial charge in [0.1, 0.15) is 0 Å². The Labute approximate surface area is 214 Å². The number of rotatable bonds is 8. The number of amides is 1. The molecular formula is C30H44N4O. The second-order valence-corrected chi connectivity index (χ2v) is 8.75. The highest BCUT2D eigenvalue weighted by molar-refractivity contribution is 6.04. The first-order valence-electron chi connectivity index (χ1n) is 12.5. The average Bonchev–Trinajstić information content (AvgIpc) is 2.85. The minimum atomic E-state index is -0.164. The van der Waals surface area contributed by atoms with Crippen molar-refractivity contribution >= 4 is 17.8 Å². The maximum Gasteiger partial charge on any atom is 0.257 e. The van der Waals surface area contributed by atoms with Gasteiger partial charge in [-0.2, -0.15) is 0 Å². The van der Waals surface area contributed by atoms with Gasteiger partial charge in [-0.1, -0.05) is 58.1 Å². The van der Waals surface area contributed by atoms with Gasteiger partial charge in [0.2, 0.25) is 0 Å². The van der Waals surface area contributed by atoms with Crippen LogP contribution >= 0.6 is 0 Å². The molecule has 1 aromatic heterocycles. The molecule has 5 nitrogen and oxygen atoms in total. The number of carbonyl (C=O) groups is 1. The van der Waals surface area contributed by atoms with E-state index in [1.807, 2.05) is 51.3 Å². The average molecular weight is 477 g/mol. The summed E-state index contributed by atoms with van der Waals surface area (Å²) in [4.78, 5) is 21.4. The number of nitrogens with zero attached hydrogens (tertiary/aromatic N) is 2. The quantitative estimate of drug-likeness (QED) is 0.380. The van der Waals surface area contributed by atoms with Gasteiger partial charge in [-0.25, -0.2) is 0 Å². The van der Waals surface area contributed by atoms with Gasteiger partial charge in [0.25, 0.3) is 5.91 Å². The predicted molar refractivity (Wildman–Crippen MR) is 153 cm³/mol. The minimum Gasteiger partial charge on any atom is -0.378 e. The van der Waals surface area contributed by atoms with Crippen molar-refractivity contribution in [2.24, 2.45) is 10.9 Å². The molecule has 190 valence electrons. The Bertz CT molecular complexity index is 1140. The third-order valence-corrected chi connectivity index (χ3v) is 5.87. The molecule has 1 aliphatic rings. The van der Waals surface area contributed by atoms with E-state index >= 15 is 0 Å². The number of aryl methyl sites for hydroxylation is 2. The summed E-state index contributed by atoms with van der Waals surface area (Å²) in [6, 6.07) is 7.87. The van der Waals surface area contributed by atoms with Gasteiger partial charge in [0.15, 0.2) is 0 Å². The molecule has 2 atom stereocenters. The summed E-state index contributed by atoms with van der Waals surface area (Å²) in [5.41, 5.74) is 7.84. The van der Waals surface area contributed by atoms with E-state index in [-0.39, 0.29) is 20.7 Å². The lowest BCUT2D eigenvalue weighted by Crippen LogP contribution is -2.22. The fourth-order valence-corrected chi connectivity index (χ4v) is 3.77. The number of benzene rings is 1. The fourth-order valence-electron chi connectivity index (χ4n) is 3.77. The maximum atomic E-state index is 12.6. The molecular weight excluding hydrogens is 432 g/mol. The second-order valence-electron chi connectivity index (χ2n) is 8.75. The minimum absolute atomic E-state index is 0. The molecule has 2 heterocycles. The summed E-state index contributed by atoms with van der Waals surface area (Å²) in [5.74, 6) is 0.0756. The van der Waals surface area contributed by atoms with Crippen LogP contribution in [-0.4, -0.2) is 17.1 Å². The molecule has 1 aromatic carbocycles.